The summed E-state index contributed by atoms with van der Waals surface area (Å²) in [7, 11) is 0. The lowest BCUT2D eigenvalue weighted by molar-refractivity contribution is 0.209. The maximum absolute atomic E-state index is 13.4. The third-order valence-electron chi connectivity index (χ3n) is 6.36. The summed E-state index contributed by atoms with van der Waals surface area (Å²) in [5.41, 5.74) is 5.06. The summed E-state index contributed by atoms with van der Waals surface area (Å²) in [4.78, 5) is 36.9. The predicted molar refractivity (Wildman–Crippen MR) is 134 cm³/mol. The molecule has 6 rings (SSSR count). The molecule has 3 N–H and O–H groups in total. The van der Waals surface area contributed by atoms with Gasteiger partial charge in [-0.3, -0.25) is 14.7 Å². The average molecular weight is 496 g/mol. The van der Waals surface area contributed by atoms with Crippen molar-refractivity contribution in [1.29, 1.82) is 0 Å². The van der Waals surface area contributed by atoms with Crippen LogP contribution in [0.4, 0.5) is 10.5 Å². The van der Waals surface area contributed by atoms with Crippen LogP contribution < -0.4 is 10.9 Å². The van der Waals surface area contributed by atoms with Gasteiger partial charge < -0.3 is 10.1 Å². The molecule has 12 heteroatoms. The summed E-state index contributed by atoms with van der Waals surface area (Å²) < 4.78 is 3.25. The van der Waals surface area contributed by atoms with Crippen LogP contribution in [-0.2, 0) is 6.42 Å². The van der Waals surface area contributed by atoms with Crippen molar-refractivity contribution in [3.05, 3.63) is 88.6 Å². The number of amides is 1. The fourth-order valence-electron chi connectivity index (χ4n) is 4.68. The first-order chi connectivity index (χ1) is 18.0. The molecule has 1 amide bonds. The summed E-state index contributed by atoms with van der Waals surface area (Å²) in [6.07, 6.45) is 3.42. The fraction of sp³-hybridized carbons (Fsp3) is 0.160. The minimum absolute atomic E-state index is 0.159. The van der Waals surface area contributed by atoms with E-state index in [9.17, 15) is 9.59 Å². The summed E-state index contributed by atoms with van der Waals surface area (Å²) in [6, 6.07) is 14.1. The number of hydrogen-bond acceptors (Lipinski definition) is 7. The van der Waals surface area contributed by atoms with E-state index in [0.29, 0.717) is 35.9 Å². The van der Waals surface area contributed by atoms with Gasteiger partial charge in [-0.2, -0.15) is 4.68 Å². The Morgan fingerprint density at radius 3 is 2.76 bits per heavy atom. The van der Waals surface area contributed by atoms with Crippen LogP contribution in [0.3, 0.4) is 0 Å². The number of carboxylic acid groups (broad SMARTS) is 1. The number of aromatic amines is 1. The zero-order valence-electron chi connectivity index (χ0n) is 19.7. The Balaban J connectivity index is 1.32. The van der Waals surface area contributed by atoms with Gasteiger partial charge in [0.05, 0.1) is 29.3 Å². The number of rotatable bonds is 5. The molecule has 1 atom stereocenters. The molecule has 0 saturated heterocycles. The molecule has 0 bridgehead atoms. The van der Waals surface area contributed by atoms with Gasteiger partial charge >= 0.3 is 6.09 Å². The van der Waals surface area contributed by atoms with Crippen LogP contribution >= 0.6 is 0 Å². The van der Waals surface area contributed by atoms with Crippen LogP contribution in [0.15, 0.2) is 65.8 Å². The van der Waals surface area contributed by atoms with Crippen LogP contribution in [0.2, 0.25) is 0 Å². The highest BCUT2D eigenvalue weighted by molar-refractivity contribution is 5.83. The van der Waals surface area contributed by atoms with Gasteiger partial charge in [0, 0.05) is 23.7 Å². The molecular formula is C25H21N9O3. The van der Waals surface area contributed by atoms with E-state index in [1.165, 1.54) is 6.33 Å². The predicted octanol–water partition coefficient (Wildman–Crippen LogP) is 3.21. The summed E-state index contributed by atoms with van der Waals surface area (Å²) in [5, 5.41) is 22.6. The molecule has 184 valence electrons. The van der Waals surface area contributed by atoms with Gasteiger partial charge in [-0.1, -0.05) is 23.8 Å². The lowest BCUT2D eigenvalue weighted by Gasteiger charge is -2.14. The summed E-state index contributed by atoms with van der Waals surface area (Å²) >= 11 is 0. The highest BCUT2D eigenvalue weighted by atomic mass is 16.4. The molecule has 12 nitrogen and oxygen atoms in total. The molecular weight excluding hydrogens is 474 g/mol. The van der Waals surface area contributed by atoms with E-state index >= 15 is 0 Å². The van der Waals surface area contributed by atoms with Crippen LogP contribution in [-0.4, -0.2) is 50.9 Å². The highest BCUT2D eigenvalue weighted by Crippen LogP contribution is 2.32. The number of anilines is 1. The number of imidazole rings is 1. The van der Waals surface area contributed by atoms with Crippen molar-refractivity contribution in [3.8, 4) is 28.2 Å². The maximum atomic E-state index is 13.4. The first kappa shape index (κ1) is 22.3. The van der Waals surface area contributed by atoms with Gasteiger partial charge in [-0.15, -0.1) is 5.10 Å². The standard InChI is InChI=1S/C25H21N9O3/c1-14-2-7-20(33-13-27-31-32-33)17(10-14)18-11-23(35)34-21(8-9-22(34)29-18)24-26-12-19(30-24)15-3-5-16(6-4-15)28-25(36)37/h2-7,10-13,21,28H,8-9H2,1H3,(H,26,30)(H,36,37). The molecule has 1 aliphatic rings. The highest BCUT2D eigenvalue weighted by Gasteiger charge is 2.29. The number of fused-ring (bicyclic) bond motifs is 1. The molecule has 0 aliphatic carbocycles. The molecule has 0 spiro atoms. The van der Waals surface area contributed by atoms with Crippen LogP contribution in [0.25, 0.3) is 28.2 Å². The van der Waals surface area contributed by atoms with Crippen molar-refractivity contribution >= 4 is 11.8 Å². The average Bonchev–Trinajstić information content (AvgIpc) is 3.65. The third kappa shape index (κ3) is 4.14. The van der Waals surface area contributed by atoms with Crippen molar-refractivity contribution < 1.29 is 9.90 Å². The lowest BCUT2D eigenvalue weighted by atomic mass is 10.1. The second kappa shape index (κ2) is 8.82. The van der Waals surface area contributed by atoms with Gasteiger partial charge in [0.25, 0.3) is 5.56 Å². The molecule has 2 aromatic carbocycles. The Morgan fingerprint density at radius 2 is 2.00 bits per heavy atom. The largest absolute Gasteiger partial charge is 0.465 e. The monoisotopic (exact) mass is 495 g/mol. The van der Waals surface area contributed by atoms with E-state index in [0.717, 1.165) is 28.1 Å². The van der Waals surface area contributed by atoms with Crippen molar-refractivity contribution in [3.63, 3.8) is 0 Å². The van der Waals surface area contributed by atoms with Crippen LogP contribution in [0.1, 0.15) is 29.7 Å². The molecule has 3 aromatic heterocycles. The van der Waals surface area contributed by atoms with E-state index in [1.807, 2.05) is 25.1 Å². The minimum Gasteiger partial charge on any atom is -0.465 e. The Kier molecular flexibility index (Phi) is 5.33. The topological polar surface area (TPSA) is 156 Å². The Hall–Kier alpha value is -5.13. The van der Waals surface area contributed by atoms with Crippen molar-refractivity contribution in [1.82, 2.24) is 39.7 Å². The summed E-state index contributed by atoms with van der Waals surface area (Å²) in [6.45, 7) is 1.98. The second-order valence-corrected chi connectivity index (χ2v) is 8.78. The number of nitrogens with one attached hydrogen (secondary N) is 2. The van der Waals surface area contributed by atoms with E-state index in [2.05, 4.69) is 30.8 Å². The second-order valence-electron chi connectivity index (χ2n) is 8.78. The molecule has 0 saturated carbocycles. The third-order valence-corrected chi connectivity index (χ3v) is 6.36. The molecule has 4 heterocycles. The molecule has 37 heavy (non-hydrogen) atoms. The lowest BCUT2D eigenvalue weighted by Crippen LogP contribution is -2.25. The van der Waals surface area contributed by atoms with E-state index in [1.54, 1.807) is 45.8 Å². The maximum Gasteiger partial charge on any atom is 0.409 e. The van der Waals surface area contributed by atoms with Gasteiger partial charge in [-0.05, 0) is 53.6 Å². The van der Waals surface area contributed by atoms with Crippen LogP contribution in [0, 0.1) is 6.92 Å². The van der Waals surface area contributed by atoms with Crippen LogP contribution in [0.5, 0.6) is 0 Å². The van der Waals surface area contributed by atoms with Gasteiger partial charge in [0.15, 0.2) is 0 Å². The Bertz CT molecular complexity index is 1670. The number of benzene rings is 2. The smallest absolute Gasteiger partial charge is 0.409 e. The molecule has 0 fully saturated rings. The summed E-state index contributed by atoms with van der Waals surface area (Å²) in [5.74, 6) is 1.36. The van der Waals surface area contributed by atoms with Gasteiger partial charge in [0.2, 0.25) is 0 Å². The first-order valence-electron chi connectivity index (χ1n) is 11.6. The molecule has 1 aliphatic heterocycles. The van der Waals surface area contributed by atoms with Gasteiger partial charge in [0.1, 0.15) is 18.0 Å². The minimum atomic E-state index is -1.12. The Morgan fingerprint density at radius 1 is 1.16 bits per heavy atom. The van der Waals surface area contributed by atoms with Crippen molar-refractivity contribution in [2.45, 2.75) is 25.8 Å². The molecule has 0 radical (unpaired) electrons. The number of hydrogen-bond donors (Lipinski definition) is 3. The van der Waals surface area contributed by atoms with E-state index < -0.39 is 6.09 Å². The normalized spacial score (nSPS) is 14.5. The quantitative estimate of drug-likeness (QED) is 0.335. The van der Waals surface area contributed by atoms with Crippen molar-refractivity contribution in [2.75, 3.05) is 5.32 Å². The number of aryl methyl sites for hydroxylation is 2. The SMILES string of the molecule is Cc1ccc(-n2cnnn2)c(-c2cc(=O)n3c(n2)CCC3c2ncc(-c3ccc(NC(=O)O)cc3)[nH]2)c1. The number of tetrazole rings is 1. The molecule has 1 unspecified atom stereocenters. The zero-order valence-corrected chi connectivity index (χ0v) is 19.7. The zero-order chi connectivity index (χ0) is 25.5. The number of nitrogens with zero attached hydrogens (tertiary/aromatic N) is 7. The Labute approximate surface area is 209 Å². The number of carbonyl (C=O) groups is 1. The van der Waals surface area contributed by atoms with Crippen molar-refractivity contribution in [2.24, 2.45) is 0 Å². The number of H-pyrrole nitrogens is 1. The van der Waals surface area contributed by atoms with Gasteiger partial charge in [-0.25, -0.2) is 14.8 Å². The number of aromatic nitrogens is 8. The van der Waals surface area contributed by atoms with E-state index in [4.69, 9.17) is 10.1 Å². The molecule has 5 aromatic rings. The fourth-order valence-corrected chi connectivity index (χ4v) is 4.68. The van der Waals surface area contributed by atoms with E-state index in [-0.39, 0.29) is 11.6 Å². The first-order valence-corrected chi connectivity index (χ1v) is 11.6.